The summed E-state index contributed by atoms with van der Waals surface area (Å²) in [5.41, 5.74) is 0. The molecule has 2 unspecified atom stereocenters. The minimum Gasteiger partial charge on any atom is -0.300 e. The quantitative estimate of drug-likeness (QED) is 0.701. The Morgan fingerprint density at radius 1 is 1.40 bits per heavy atom. The number of nitriles is 1. The van der Waals surface area contributed by atoms with Crippen molar-refractivity contribution in [3.05, 3.63) is 0 Å². The third-order valence-electron chi connectivity index (χ3n) is 3.15. The number of hydrogen-bond donors (Lipinski definition) is 0. The second kappa shape index (κ2) is 6.55. The van der Waals surface area contributed by atoms with E-state index < -0.39 is 6.67 Å². The summed E-state index contributed by atoms with van der Waals surface area (Å²) < 4.78 is 11.9. The highest BCUT2D eigenvalue weighted by Gasteiger charge is 2.26. The van der Waals surface area contributed by atoms with E-state index in [0.29, 0.717) is 19.3 Å². The van der Waals surface area contributed by atoms with Crippen LogP contribution in [0.15, 0.2) is 0 Å². The molecular weight excluding hydrogens is 193 g/mol. The second-order valence-corrected chi connectivity index (χ2v) is 4.32. The number of halogens is 1. The average molecular weight is 211 g/mol. The van der Waals surface area contributed by atoms with E-state index in [-0.39, 0.29) is 17.6 Å². The number of ketones is 1. The molecule has 84 valence electrons. The Labute approximate surface area is 90.5 Å². The average Bonchev–Trinajstić information content (AvgIpc) is 2.27. The van der Waals surface area contributed by atoms with Gasteiger partial charge in [0.25, 0.3) is 0 Å². The molecule has 2 nitrogen and oxygen atoms in total. The van der Waals surface area contributed by atoms with Crippen molar-refractivity contribution in [2.75, 3.05) is 6.67 Å². The maximum Gasteiger partial charge on any atom is 0.133 e. The normalized spacial score (nSPS) is 25.9. The lowest BCUT2D eigenvalue weighted by Crippen LogP contribution is -2.21. The highest BCUT2D eigenvalue weighted by molar-refractivity contribution is 5.78. The van der Waals surface area contributed by atoms with Crippen LogP contribution in [0.5, 0.6) is 0 Å². The molecule has 3 heteroatoms. The third kappa shape index (κ3) is 3.99. The molecule has 0 amide bonds. The second-order valence-electron chi connectivity index (χ2n) is 4.32. The first kappa shape index (κ1) is 12.2. The summed E-state index contributed by atoms with van der Waals surface area (Å²) in [6, 6.07) is 2.29. The Bertz CT molecular complexity index is 246. The molecule has 0 aromatic carbocycles. The van der Waals surface area contributed by atoms with Gasteiger partial charge in [0, 0.05) is 18.8 Å². The number of Topliss-reactive ketones (excluding diaryl/α,β-unsaturated/α-hetero) is 1. The fourth-order valence-corrected chi connectivity index (χ4v) is 2.28. The van der Waals surface area contributed by atoms with Crippen LogP contribution < -0.4 is 0 Å². The molecule has 0 heterocycles. The zero-order chi connectivity index (χ0) is 11.1. The topological polar surface area (TPSA) is 40.9 Å². The molecule has 1 aliphatic rings. The predicted octanol–water partition coefficient (Wildman–Crippen LogP) is 3.03. The molecule has 0 aliphatic heterocycles. The van der Waals surface area contributed by atoms with Crippen LogP contribution in [-0.2, 0) is 4.79 Å². The van der Waals surface area contributed by atoms with Gasteiger partial charge < -0.3 is 0 Å². The first-order valence-corrected chi connectivity index (χ1v) is 5.75. The monoisotopic (exact) mass is 211 g/mol. The van der Waals surface area contributed by atoms with Gasteiger partial charge in [0.2, 0.25) is 0 Å². The highest BCUT2D eigenvalue weighted by Crippen LogP contribution is 2.32. The standard InChI is InChI=1S/C12H18FNO/c13-7-3-6-12(15)8-10-4-1-2-5-11(10)9-14/h10-11H,1-8H2. The number of alkyl halides is 1. The molecule has 15 heavy (non-hydrogen) atoms. The summed E-state index contributed by atoms with van der Waals surface area (Å²) >= 11 is 0. The summed E-state index contributed by atoms with van der Waals surface area (Å²) in [5, 5.41) is 8.93. The van der Waals surface area contributed by atoms with Gasteiger partial charge >= 0.3 is 0 Å². The molecule has 0 spiro atoms. The Hall–Kier alpha value is -0.910. The molecule has 1 fully saturated rings. The largest absolute Gasteiger partial charge is 0.300 e. The predicted molar refractivity (Wildman–Crippen MR) is 55.9 cm³/mol. The van der Waals surface area contributed by atoms with Crippen molar-refractivity contribution in [2.45, 2.75) is 44.9 Å². The minimum atomic E-state index is -0.419. The molecule has 0 aromatic heterocycles. The van der Waals surface area contributed by atoms with Crippen molar-refractivity contribution in [2.24, 2.45) is 11.8 Å². The van der Waals surface area contributed by atoms with Crippen LogP contribution in [0.3, 0.4) is 0 Å². The van der Waals surface area contributed by atoms with E-state index in [1.165, 1.54) is 0 Å². The molecule has 1 saturated carbocycles. The lowest BCUT2D eigenvalue weighted by molar-refractivity contribution is -0.120. The van der Waals surface area contributed by atoms with Crippen molar-refractivity contribution in [3.8, 4) is 6.07 Å². The molecule has 0 saturated heterocycles. The number of carbonyl (C=O) groups excluding carboxylic acids is 1. The van der Waals surface area contributed by atoms with E-state index >= 15 is 0 Å². The third-order valence-corrected chi connectivity index (χ3v) is 3.15. The Morgan fingerprint density at radius 3 is 2.80 bits per heavy atom. The van der Waals surface area contributed by atoms with Gasteiger partial charge in [0.05, 0.1) is 12.7 Å². The molecular formula is C12H18FNO. The molecule has 0 N–H and O–H groups in total. The first-order chi connectivity index (χ1) is 7.27. The smallest absolute Gasteiger partial charge is 0.133 e. The number of carbonyl (C=O) groups is 1. The number of rotatable bonds is 5. The van der Waals surface area contributed by atoms with E-state index in [1.54, 1.807) is 0 Å². The Kier molecular flexibility index (Phi) is 5.31. The summed E-state index contributed by atoms with van der Waals surface area (Å²) in [5.74, 6) is 0.406. The van der Waals surface area contributed by atoms with Crippen LogP contribution in [0.2, 0.25) is 0 Å². The van der Waals surface area contributed by atoms with Crippen LogP contribution in [0.1, 0.15) is 44.9 Å². The van der Waals surface area contributed by atoms with Crippen molar-refractivity contribution in [1.29, 1.82) is 5.26 Å². The van der Waals surface area contributed by atoms with Gasteiger partial charge in [0.1, 0.15) is 5.78 Å². The van der Waals surface area contributed by atoms with Gasteiger partial charge in [0.15, 0.2) is 0 Å². The Morgan fingerprint density at radius 2 is 2.13 bits per heavy atom. The fraction of sp³-hybridized carbons (Fsp3) is 0.833. The maximum atomic E-state index is 11.9. The zero-order valence-electron chi connectivity index (χ0n) is 9.04. The van der Waals surface area contributed by atoms with Gasteiger partial charge in [-0.25, -0.2) is 0 Å². The van der Waals surface area contributed by atoms with Gasteiger partial charge in [-0.15, -0.1) is 0 Å². The van der Waals surface area contributed by atoms with Crippen molar-refractivity contribution < 1.29 is 9.18 Å². The van der Waals surface area contributed by atoms with Crippen molar-refractivity contribution in [1.82, 2.24) is 0 Å². The number of nitrogens with zero attached hydrogens (tertiary/aromatic N) is 1. The SMILES string of the molecule is N#CC1CCCCC1CC(=O)CCCF. The molecule has 1 aliphatic carbocycles. The van der Waals surface area contributed by atoms with Crippen LogP contribution in [0.4, 0.5) is 4.39 Å². The van der Waals surface area contributed by atoms with Crippen LogP contribution >= 0.6 is 0 Å². The molecule has 0 aromatic rings. The summed E-state index contributed by atoms with van der Waals surface area (Å²) in [6.45, 7) is -0.419. The van der Waals surface area contributed by atoms with Gasteiger partial charge in [-0.3, -0.25) is 9.18 Å². The van der Waals surface area contributed by atoms with E-state index in [1.807, 2.05) is 0 Å². The lowest BCUT2D eigenvalue weighted by Gasteiger charge is -2.25. The van der Waals surface area contributed by atoms with E-state index in [9.17, 15) is 9.18 Å². The Balaban J connectivity index is 2.35. The van der Waals surface area contributed by atoms with Crippen molar-refractivity contribution in [3.63, 3.8) is 0 Å². The maximum absolute atomic E-state index is 11.9. The number of hydrogen-bond acceptors (Lipinski definition) is 2. The fourth-order valence-electron chi connectivity index (χ4n) is 2.28. The van der Waals surface area contributed by atoms with Gasteiger partial charge in [-0.05, 0) is 25.2 Å². The molecule has 1 rings (SSSR count). The van der Waals surface area contributed by atoms with E-state index in [2.05, 4.69) is 6.07 Å². The lowest BCUT2D eigenvalue weighted by atomic mass is 9.77. The van der Waals surface area contributed by atoms with Gasteiger partial charge in [-0.1, -0.05) is 12.8 Å². The summed E-state index contributed by atoms with van der Waals surface area (Å²) in [6.07, 6.45) is 5.30. The van der Waals surface area contributed by atoms with E-state index in [4.69, 9.17) is 5.26 Å². The van der Waals surface area contributed by atoms with Crippen LogP contribution in [0.25, 0.3) is 0 Å². The molecule has 0 bridgehead atoms. The van der Waals surface area contributed by atoms with Crippen LogP contribution in [0, 0.1) is 23.2 Å². The van der Waals surface area contributed by atoms with E-state index in [0.717, 1.165) is 25.7 Å². The minimum absolute atomic E-state index is 0.0491. The highest BCUT2D eigenvalue weighted by atomic mass is 19.1. The molecule has 2 atom stereocenters. The van der Waals surface area contributed by atoms with Crippen LogP contribution in [-0.4, -0.2) is 12.5 Å². The first-order valence-electron chi connectivity index (χ1n) is 5.75. The van der Waals surface area contributed by atoms with Crippen molar-refractivity contribution >= 4 is 5.78 Å². The molecule has 0 radical (unpaired) electrons. The summed E-state index contributed by atoms with van der Waals surface area (Å²) in [7, 11) is 0. The summed E-state index contributed by atoms with van der Waals surface area (Å²) in [4.78, 5) is 11.5. The van der Waals surface area contributed by atoms with Gasteiger partial charge in [-0.2, -0.15) is 5.26 Å². The zero-order valence-corrected chi connectivity index (χ0v) is 9.04.